The molecule has 21 heavy (non-hydrogen) atoms. The highest BCUT2D eigenvalue weighted by Gasteiger charge is 2.13. The molecule has 3 N–H and O–H groups in total. The van der Waals surface area contributed by atoms with Crippen LogP contribution in [-0.4, -0.2) is 17.9 Å². The van der Waals surface area contributed by atoms with Crippen LogP contribution in [0.5, 0.6) is 5.75 Å². The van der Waals surface area contributed by atoms with Gasteiger partial charge < -0.3 is 15.2 Å². The Morgan fingerprint density at radius 2 is 2.05 bits per heavy atom. The second kappa shape index (κ2) is 6.69. The number of rotatable bonds is 6. The van der Waals surface area contributed by atoms with Crippen molar-refractivity contribution in [3.8, 4) is 5.75 Å². The van der Waals surface area contributed by atoms with Gasteiger partial charge in [-0.2, -0.15) is 0 Å². The number of hydrogen-bond donors (Lipinski definition) is 2. The van der Waals surface area contributed by atoms with E-state index in [1.807, 2.05) is 18.2 Å². The molecular weight excluding hydrogens is 286 g/mol. The molecule has 0 radical (unpaired) electrons. The van der Waals surface area contributed by atoms with Crippen molar-refractivity contribution in [1.29, 1.82) is 5.41 Å². The van der Waals surface area contributed by atoms with Crippen LogP contribution in [0.15, 0.2) is 18.2 Å². The zero-order valence-electron chi connectivity index (χ0n) is 12.4. The van der Waals surface area contributed by atoms with Gasteiger partial charge in [0.05, 0.1) is 17.2 Å². The average Bonchev–Trinajstić information content (AvgIpc) is 2.84. The van der Waals surface area contributed by atoms with Crippen LogP contribution in [0.1, 0.15) is 26.7 Å². The zero-order chi connectivity index (χ0) is 15.4. The van der Waals surface area contributed by atoms with Gasteiger partial charge in [-0.3, -0.25) is 5.41 Å². The van der Waals surface area contributed by atoms with Crippen LogP contribution in [0.2, 0.25) is 0 Å². The first-order valence-corrected chi connectivity index (χ1v) is 7.35. The molecule has 1 aromatic carbocycles. The number of amidine groups is 1. The summed E-state index contributed by atoms with van der Waals surface area (Å²) in [5, 5.41) is 8.35. The Morgan fingerprint density at radius 3 is 2.67 bits per heavy atom. The minimum atomic E-state index is 0.0111. The Kier molecular flexibility index (Phi) is 4.93. The highest BCUT2D eigenvalue weighted by molar-refractivity contribution is 7.13. The molecule has 0 fully saturated rings. The van der Waals surface area contributed by atoms with Gasteiger partial charge >= 0.3 is 0 Å². The number of nitrogens with zero attached hydrogens (tertiary/aromatic N) is 1. The predicted octanol–water partition coefficient (Wildman–Crippen LogP) is 2.77. The van der Waals surface area contributed by atoms with E-state index >= 15 is 0 Å². The summed E-state index contributed by atoms with van der Waals surface area (Å²) >= 11 is 1.37. The Bertz CT molecular complexity index is 652. The molecule has 5 nitrogen and oxygen atoms in total. The van der Waals surface area contributed by atoms with Gasteiger partial charge in [0.15, 0.2) is 0 Å². The summed E-state index contributed by atoms with van der Waals surface area (Å²) in [6, 6.07) is 5.98. The van der Waals surface area contributed by atoms with E-state index in [1.54, 1.807) is 7.11 Å². The Morgan fingerprint density at radius 1 is 1.29 bits per heavy atom. The standard InChI is InChI=1S/C15H19N3O2S/c1-9-4-5-11(6-10(9)2)20-8-13-18-12(7-19-3)14(21-13)15(16)17/h4-6H,7-8H2,1-3H3,(H3,16,17). The summed E-state index contributed by atoms with van der Waals surface area (Å²) in [5.41, 5.74) is 8.67. The lowest BCUT2D eigenvalue weighted by Gasteiger charge is -2.06. The molecule has 0 aliphatic heterocycles. The Labute approximate surface area is 128 Å². The van der Waals surface area contributed by atoms with Crippen molar-refractivity contribution in [2.75, 3.05) is 7.11 Å². The molecule has 1 heterocycles. The molecule has 0 spiro atoms. The molecule has 112 valence electrons. The molecule has 0 amide bonds. The normalized spacial score (nSPS) is 10.6. The van der Waals surface area contributed by atoms with Gasteiger partial charge in [0, 0.05) is 7.11 Å². The van der Waals surface area contributed by atoms with E-state index < -0.39 is 0 Å². The number of hydrogen-bond acceptors (Lipinski definition) is 5. The highest BCUT2D eigenvalue weighted by atomic mass is 32.1. The van der Waals surface area contributed by atoms with Gasteiger partial charge in [-0.1, -0.05) is 6.07 Å². The average molecular weight is 305 g/mol. The van der Waals surface area contributed by atoms with Crippen LogP contribution in [0, 0.1) is 19.3 Å². The molecule has 6 heteroatoms. The molecule has 1 aromatic heterocycles. The zero-order valence-corrected chi connectivity index (χ0v) is 13.2. The number of benzene rings is 1. The molecule has 0 aliphatic rings. The van der Waals surface area contributed by atoms with E-state index in [4.69, 9.17) is 20.6 Å². The minimum absolute atomic E-state index is 0.0111. The number of nitrogen functional groups attached to an aromatic ring is 1. The summed E-state index contributed by atoms with van der Waals surface area (Å²) < 4.78 is 10.8. The maximum absolute atomic E-state index is 7.57. The van der Waals surface area contributed by atoms with Gasteiger partial charge in [-0.15, -0.1) is 11.3 Å². The van der Waals surface area contributed by atoms with Crippen LogP contribution in [0.4, 0.5) is 0 Å². The van der Waals surface area contributed by atoms with Gasteiger partial charge in [0.25, 0.3) is 0 Å². The molecule has 2 aromatic rings. The van der Waals surface area contributed by atoms with Crippen LogP contribution < -0.4 is 10.5 Å². The van der Waals surface area contributed by atoms with Gasteiger partial charge in [-0.25, -0.2) is 4.98 Å². The summed E-state index contributed by atoms with van der Waals surface area (Å²) in [6.45, 7) is 4.82. The molecule has 0 aliphatic carbocycles. The van der Waals surface area contributed by atoms with E-state index in [0.29, 0.717) is 23.8 Å². The van der Waals surface area contributed by atoms with Gasteiger partial charge in [0.1, 0.15) is 23.2 Å². The van der Waals surface area contributed by atoms with Crippen LogP contribution >= 0.6 is 11.3 Å². The third-order valence-corrected chi connectivity index (χ3v) is 4.21. The quantitative estimate of drug-likeness (QED) is 0.635. The fourth-order valence-electron chi connectivity index (χ4n) is 1.86. The second-order valence-electron chi connectivity index (χ2n) is 4.76. The van der Waals surface area contributed by atoms with Crippen molar-refractivity contribution in [3.63, 3.8) is 0 Å². The van der Waals surface area contributed by atoms with Crippen LogP contribution in [-0.2, 0) is 18.0 Å². The van der Waals surface area contributed by atoms with Crippen molar-refractivity contribution < 1.29 is 9.47 Å². The van der Waals surface area contributed by atoms with E-state index in [9.17, 15) is 0 Å². The minimum Gasteiger partial charge on any atom is -0.486 e. The lowest BCUT2D eigenvalue weighted by molar-refractivity contribution is 0.181. The topological polar surface area (TPSA) is 81.2 Å². The van der Waals surface area contributed by atoms with Crippen LogP contribution in [0.25, 0.3) is 0 Å². The number of nitrogens with two attached hydrogens (primary N) is 1. The third kappa shape index (κ3) is 3.80. The molecule has 0 atom stereocenters. The monoisotopic (exact) mass is 305 g/mol. The highest BCUT2D eigenvalue weighted by Crippen LogP contribution is 2.22. The molecule has 0 saturated heterocycles. The number of aryl methyl sites for hydroxylation is 2. The van der Waals surface area contributed by atoms with E-state index in [-0.39, 0.29) is 5.84 Å². The second-order valence-corrected chi connectivity index (χ2v) is 5.85. The van der Waals surface area contributed by atoms with E-state index in [1.165, 1.54) is 22.5 Å². The molecule has 0 bridgehead atoms. The Hall–Kier alpha value is -1.92. The Balaban J connectivity index is 2.10. The number of nitrogens with one attached hydrogen (secondary N) is 1. The summed E-state index contributed by atoms with van der Waals surface area (Å²) in [6.07, 6.45) is 0. The first-order chi connectivity index (χ1) is 10.0. The maximum Gasteiger partial charge on any atom is 0.140 e. The fraction of sp³-hybridized carbons (Fsp3) is 0.333. The van der Waals surface area contributed by atoms with Crippen molar-refractivity contribution in [3.05, 3.63) is 44.9 Å². The molecular formula is C15H19N3O2S. The SMILES string of the molecule is COCc1nc(COc2ccc(C)c(C)c2)sc1C(=N)N. The van der Waals surface area contributed by atoms with Crippen molar-refractivity contribution in [1.82, 2.24) is 4.98 Å². The fourth-order valence-corrected chi connectivity index (χ4v) is 2.70. The smallest absolute Gasteiger partial charge is 0.140 e. The lowest BCUT2D eigenvalue weighted by Crippen LogP contribution is -2.11. The maximum atomic E-state index is 7.57. The van der Waals surface area contributed by atoms with Crippen molar-refractivity contribution in [2.24, 2.45) is 5.73 Å². The summed E-state index contributed by atoms with van der Waals surface area (Å²) in [4.78, 5) is 5.07. The van der Waals surface area contributed by atoms with Crippen molar-refractivity contribution >= 4 is 17.2 Å². The van der Waals surface area contributed by atoms with E-state index in [2.05, 4.69) is 18.8 Å². The first kappa shape index (κ1) is 15.5. The summed E-state index contributed by atoms with van der Waals surface area (Å²) in [5.74, 6) is 0.822. The van der Waals surface area contributed by atoms with Gasteiger partial charge in [-0.05, 0) is 37.1 Å². The number of thiazole rings is 1. The lowest BCUT2D eigenvalue weighted by atomic mass is 10.1. The number of aromatic nitrogens is 1. The van der Waals surface area contributed by atoms with E-state index in [0.717, 1.165) is 10.8 Å². The largest absolute Gasteiger partial charge is 0.486 e. The number of ether oxygens (including phenoxy) is 2. The van der Waals surface area contributed by atoms with Crippen molar-refractivity contribution in [2.45, 2.75) is 27.1 Å². The first-order valence-electron chi connectivity index (χ1n) is 6.53. The molecule has 0 unspecified atom stereocenters. The predicted molar refractivity (Wildman–Crippen MR) is 84.1 cm³/mol. The molecule has 0 saturated carbocycles. The van der Waals surface area contributed by atoms with Gasteiger partial charge in [0.2, 0.25) is 0 Å². The summed E-state index contributed by atoms with van der Waals surface area (Å²) in [7, 11) is 1.59. The number of methoxy groups -OCH3 is 1. The van der Waals surface area contributed by atoms with Crippen LogP contribution in [0.3, 0.4) is 0 Å². The third-order valence-electron chi connectivity index (χ3n) is 3.11. The molecule has 2 rings (SSSR count).